The van der Waals surface area contributed by atoms with E-state index in [1.165, 1.54) is 6.33 Å². The van der Waals surface area contributed by atoms with Gasteiger partial charge in [-0.25, -0.2) is 9.97 Å². The van der Waals surface area contributed by atoms with Crippen LogP contribution in [0.4, 0.5) is 5.69 Å². The Hall–Kier alpha value is -2.23. The second-order valence-electron chi connectivity index (χ2n) is 7.03. The number of hydrogen-bond donors (Lipinski definition) is 4. The molecule has 2 aromatic rings. The molecule has 2 unspecified atom stereocenters. The van der Waals surface area contributed by atoms with E-state index < -0.39 is 24.5 Å². The number of anilines is 1. The van der Waals surface area contributed by atoms with Gasteiger partial charge in [0.05, 0.1) is 24.7 Å². The molecule has 1 amide bonds. The van der Waals surface area contributed by atoms with Crippen LogP contribution in [0.5, 0.6) is 0 Å². The first-order chi connectivity index (χ1) is 12.3. The second kappa shape index (κ2) is 7.18. The number of carbonyl (C=O) groups excluding carboxylic acids is 1. The summed E-state index contributed by atoms with van der Waals surface area (Å²) < 4.78 is 7.36. The van der Waals surface area contributed by atoms with Gasteiger partial charge in [-0.3, -0.25) is 9.36 Å². The zero-order chi connectivity index (χ0) is 19.0. The third-order valence-electron chi connectivity index (χ3n) is 5.04. The molecule has 3 heterocycles. The number of rotatable bonds is 5. The van der Waals surface area contributed by atoms with E-state index in [0.29, 0.717) is 16.9 Å². The third kappa shape index (κ3) is 3.13. The van der Waals surface area contributed by atoms with Crippen LogP contribution in [-0.2, 0) is 9.53 Å². The lowest BCUT2D eigenvalue weighted by molar-refractivity contribution is -0.127. The van der Waals surface area contributed by atoms with Gasteiger partial charge in [0.15, 0.2) is 11.9 Å². The summed E-state index contributed by atoms with van der Waals surface area (Å²) in [7, 11) is 0. The largest absolute Gasteiger partial charge is 0.397 e. The van der Waals surface area contributed by atoms with Crippen LogP contribution in [0, 0.1) is 11.8 Å². The number of nitrogen functional groups attached to an aromatic ring is 1. The highest BCUT2D eigenvalue weighted by Crippen LogP contribution is 2.32. The predicted molar refractivity (Wildman–Crippen MR) is 94.9 cm³/mol. The van der Waals surface area contributed by atoms with Gasteiger partial charge >= 0.3 is 0 Å². The lowest BCUT2D eigenvalue weighted by atomic mass is 9.96. The van der Waals surface area contributed by atoms with Crippen LogP contribution in [0.2, 0.25) is 0 Å². The van der Waals surface area contributed by atoms with E-state index in [0.717, 1.165) is 0 Å². The normalized spacial score (nSPS) is 27.2. The molecule has 142 valence electrons. The molecular formula is C17H25N5O4. The number of aliphatic hydroxyl groups excluding tert-OH is 2. The fourth-order valence-corrected chi connectivity index (χ4v) is 3.04. The minimum atomic E-state index is -1.07. The number of ether oxygens (including phenoxy) is 1. The first-order valence-corrected chi connectivity index (χ1v) is 8.67. The Kier molecular flexibility index (Phi) is 5.12. The maximum atomic E-state index is 12.4. The van der Waals surface area contributed by atoms with E-state index >= 15 is 0 Å². The van der Waals surface area contributed by atoms with Crippen molar-refractivity contribution < 1.29 is 19.7 Å². The van der Waals surface area contributed by atoms with Gasteiger partial charge in [-0.05, 0) is 12.0 Å². The van der Waals surface area contributed by atoms with Crippen molar-refractivity contribution in [3.05, 3.63) is 18.6 Å². The van der Waals surface area contributed by atoms with E-state index in [1.807, 2.05) is 20.8 Å². The molecule has 1 aliphatic rings. The number of aromatic nitrogens is 3. The molecule has 0 bridgehead atoms. The molecule has 9 heteroatoms. The number of nitrogens with one attached hydrogen (secondary N) is 1. The second-order valence-corrected chi connectivity index (χ2v) is 7.03. The number of imidazole rings is 1. The van der Waals surface area contributed by atoms with E-state index in [2.05, 4.69) is 15.3 Å². The number of nitrogens with two attached hydrogens (primary N) is 1. The Balaban J connectivity index is 1.86. The summed E-state index contributed by atoms with van der Waals surface area (Å²) in [4.78, 5) is 20.9. The van der Waals surface area contributed by atoms with Gasteiger partial charge in [-0.2, -0.15) is 0 Å². The molecule has 1 saturated heterocycles. The fourth-order valence-electron chi connectivity index (χ4n) is 3.04. The van der Waals surface area contributed by atoms with E-state index in [4.69, 9.17) is 10.5 Å². The molecule has 0 radical (unpaired) electrons. The van der Waals surface area contributed by atoms with E-state index in [-0.39, 0.29) is 24.3 Å². The lowest BCUT2D eigenvalue weighted by Crippen LogP contribution is -2.50. The molecule has 1 aliphatic heterocycles. The average molecular weight is 363 g/mol. The first-order valence-electron chi connectivity index (χ1n) is 8.67. The molecule has 0 aromatic carbocycles. The molecule has 2 aromatic heterocycles. The molecule has 3 rings (SSSR count). The standard InChI is InChI=1S/C17H25N5O4/c1-8(2)9(3)16(25)21-13-11(6-23)26-17(14(13)24)22-7-20-12-10(18)4-5-19-15(12)22/h4-5,7-9,11,13-14,17,23-24H,6H2,1-3H3,(H2,18,19)(H,21,25)/t9?,11-,13?,14+,17-/m1/s1. The number of hydrogen-bond acceptors (Lipinski definition) is 7. The lowest BCUT2D eigenvalue weighted by Gasteiger charge is -2.24. The van der Waals surface area contributed by atoms with Gasteiger partial charge in [0.2, 0.25) is 5.91 Å². The Labute approximate surface area is 151 Å². The fraction of sp³-hybridized carbons (Fsp3) is 0.588. The summed E-state index contributed by atoms with van der Waals surface area (Å²) in [5.41, 5.74) is 7.33. The van der Waals surface area contributed by atoms with Crippen molar-refractivity contribution in [1.29, 1.82) is 0 Å². The van der Waals surface area contributed by atoms with Crippen molar-refractivity contribution in [2.24, 2.45) is 11.8 Å². The van der Waals surface area contributed by atoms with Gasteiger partial charge in [0.25, 0.3) is 0 Å². The molecule has 0 aliphatic carbocycles. The van der Waals surface area contributed by atoms with Crippen molar-refractivity contribution in [3.63, 3.8) is 0 Å². The highest BCUT2D eigenvalue weighted by molar-refractivity contribution is 5.83. The summed E-state index contributed by atoms with van der Waals surface area (Å²) in [6.45, 7) is 5.39. The van der Waals surface area contributed by atoms with Crippen molar-refractivity contribution in [3.8, 4) is 0 Å². The number of carbonyl (C=O) groups is 1. The van der Waals surface area contributed by atoms with Gasteiger partial charge in [0, 0.05) is 12.1 Å². The molecule has 26 heavy (non-hydrogen) atoms. The van der Waals surface area contributed by atoms with Crippen LogP contribution in [-0.4, -0.2) is 55.5 Å². The summed E-state index contributed by atoms with van der Waals surface area (Å²) in [5, 5.41) is 23.2. The SMILES string of the molecule is CC(C)C(C)C(=O)NC1[C@@H](CO)O[C@@H](n2cnc3c(N)ccnc32)[C@H]1O. The number of nitrogens with zero attached hydrogens (tertiary/aromatic N) is 3. The first kappa shape index (κ1) is 18.6. The third-order valence-corrected chi connectivity index (χ3v) is 5.04. The summed E-state index contributed by atoms with van der Waals surface area (Å²) in [6, 6.07) is 0.899. The average Bonchev–Trinajstić information content (AvgIpc) is 3.17. The summed E-state index contributed by atoms with van der Waals surface area (Å²) >= 11 is 0. The number of pyridine rings is 1. The van der Waals surface area contributed by atoms with Crippen LogP contribution in [0.25, 0.3) is 11.2 Å². The molecule has 5 N–H and O–H groups in total. The summed E-state index contributed by atoms with van der Waals surface area (Å²) in [5.74, 6) is -0.261. The van der Waals surface area contributed by atoms with Crippen LogP contribution in [0.15, 0.2) is 18.6 Å². The van der Waals surface area contributed by atoms with Crippen LogP contribution >= 0.6 is 0 Å². The Bertz CT molecular complexity index is 793. The molecule has 5 atom stereocenters. The molecule has 0 spiro atoms. The summed E-state index contributed by atoms with van der Waals surface area (Å²) in [6.07, 6.45) is 0.376. The minimum absolute atomic E-state index is 0.155. The Morgan fingerprint density at radius 1 is 1.42 bits per heavy atom. The quantitative estimate of drug-likeness (QED) is 0.589. The van der Waals surface area contributed by atoms with Crippen LogP contribution < -0.4 is 11.1 Å². The van der Waals surface area contributed by atoms with Crippen LogP contribution in [0.3, 0.4) is 0 Å². The zero-order valence-corrected chi connectivity index (χ0v) is 15.0. The maximum Gasteiger partial charge on any atom is 0.223 e. The predicted octanol–water partition coefficient (Wildman–Crippen LogP) is 0.0410. The topological polar surface area (TPSA) is 136 Å². The maximum absolute atomic E-state index is 12.4. The molecule has 9 nitrogen and oxygen atoms in total. The van der Waals surface area contributed by atoms with Gasteiger partial charge in [-0.1, -0.05) is 20.8 Å². The van der Waals surface area contributed by atoms with Crippen molar-refractivity contribution >= 4 is 22.8 Å². The number of fused-ring (bicyclic) bond motifs is 1. The molecule has 1 fully saturated rings. The Morgan fingerprint density at radius 3 is 2.81 bits per heavy atom. The molecule has 0 saturated carbocycles. The van der Waals surface area contributed by atoms with Gasteiger partial charge < -0.3 is 26.0 Å². The van der Waals surface area contributed by atoms with Crippen molar-refractivity contribution in [2.75, 3.05) is 12.3 Å². The number of aliphatic hydroxyl groups is 2. The van der Waals surface area contributed by atoms with Gasteiger partial charge in [0.1, 0.15) is 17.7 Å². The number of amides is 1. The van der Waals surface area contributed by atoms with Crippen LogP contribution in [0.1, 0.15) is 27.0 Å². The van der Waals surface area contributed by atoms with E-state index in [9.17, 15) is 15.0 Å². The smallest absolute Gasteiger partial charge is 0.223 e. The minimum Gasteiger partial charge on any atom is -0.397 e. The van der Waals surface area contributed by atoms with Crippen molar-refractivity contribution in [2.45, 2.75) is 45.2 Å². The molecular weight excluding hydrogens is 338 g/mol. The monoisotopic (exact) mass is 363 g/mol. The van der Waals surface area contributed by atoms with Crippen molar-refractivity contribution in [1.82, 2.24) is 19.9 Å². The zero-order valence-electron chi connectivity index (χ0n) is 15.0. The van der Waals surface area contributed by atoms with E-state index in [1.54, 1.807) is 16.8 Å². The Morgan fingerprint density at radius 2 is 2.15 bits per heavy atom. The van der Waals surface area contributed by atoms with Gasteiger partial charge in [-0.15, -0.1) is 0 Å². The highest BCUT2D eigenvalue weighted by atomic mass is 16.5. The highest BCUT2D eigenvalue weighted by Gasteiger charge is 2.46.